The van der Waals surface area contributed by atoms with Gasteiger partial charge >= 0.3 is 0 Å². The Morgan fingerprint density at radius 1 is 1.26 bits per heavy atom. The lowest BCUT2D eigenvalue weighted by atomic mass is 9.95. The number of hydrogen-bond donors (Lipinski definition) is 3. The molecule has 6 N–H and O–H groups in total. The standard InChI is InChI=1S/C13H21N5O/c1-18-12(15)10(13(16)19)11(17-18)8-2-6-4-9(14)5-7(6)3-8/h6-9H,2-5,14-15H2,1H3,(H2,16,19). The molecule has 2 saturated carbocycles. The molecule has 1 aromatic rings. The fourth-order valence-electron chi connectivity index (χ4n) is 3.98. The molecule has 0 radical (unpaired) electrons. The zero-order valence-corrected chi connectivity index (χ0v) is 11.2. The summed E-state index contributed by atoms with van der Waals surface area (Å²) in [5.41, 5.74) is 18.5. The second-order valence-electron chi connectivity index (χ2n) is 6.05. The average molecular weight is 263 g/mol. The Balaban J connectivity index is 1.89. The molecule has 2 aliphatic carbocycles. The van der Waals surface area contributed by atoms with Gasteiger partial charge in [-0.25, -0.2) is 0 Å². The maximum atomic E-state index is 11.6. The number of nitrogens with zero attached hydrogens (tertiary/aromatic N) is 2. The molecule has 2 aliphatic rings. The Bertz CT molecular complexity index is 509. The highest BCUT2D eigenvalue weighted by Crippen LogP contribution is 2.50. The van der Waals surface area contributed by atoms with Crippen LogP contribution in [0.5, 0.6) is 0 Å². The summed E-state index contributed by atoms with van der Waals surface area (Å²) >= 11 is 0. The van der Waals surface area contributed by atoms with Gasteiger partial charge in [0.1, 0.15) is 11.4 Å². The number of anilines is 1. The van der Waals surface area contributed by atoms with Crippen LogP contribution in [0, 0.1) is 11.8 Å². The van der Waals surface area contributed by atoms with Gasteiger partial charge in [0, 0.05) is 19.0 Å². The minimum atomic E-state index is -0.477. The minimum absolute atomic E-state index is 0.300. The minimum Gasteiger partial charge on any atom is -0.383 e. The molecule has 0 saturated heterocycles. The molecule has 1 amide bonds. The summed E-state index contributed by atoms with van der Waals surface area (Å²) in [6.45, 7) is 0. The molecule has 1 heterocycles. The van der Waals surface area contributed by atoms with Gasteiger partial charge in [-0.05, 0) is 37.5 Å². The van der Waals surface area contributed by atoms with Crippen molar-refractivity contribution >= 4 is 11.7 Å². The molecule has 0 spiro atoms. The topological polar surface area (TPSA) is 113 Å². The van der Waals surface area contributed by atoms with Crippen molar-refractivity contribution in [1.82, 2.24) is 9.78 Å². The number of hydrogen-bond acceptors (Lipinski definition) is 4. The average Bonchev–Trinajstić information content (AvgIpc) is 2.91. The quantitative estimate of drug-likeness (QED) is 0.713. The summed E-state index contributed by atoms with van der Waals surface area (Å²) in [6.07, 6.45) is 4.29. The Labute approximate surface area is 112 Å². The molecule has 3 rings (SSSR count). The third-order valence-corrected chi connectivity index (χ3v) is 4.80. The molecule has 0 aliphatic heterocycles. The number of aryl methyl sites for hydroxylation is 1. The summed E-state index contributed by atoms with van der Waals surface area (Å²) in [4.78, 5) is 11.6. The SMILES string of the molecule is Cn1nc(C2CC3CC(N)CC3C2)c(C(N)=O)c1N. The molecule has 2 unspecified atom stereocenters. The monoisotopic (exact) mass is 263 g/mol. The second kappa shape index (κ2) is 4.23. The van der Waals surface area contributed by atoms with Crippen LogP contribution in [0.2, 0.25) is 0 Å². The number of nitrogen functional groups attached to an aromatic ring is 1. The van der Waals surface area contributed by atoms with E-state index in [1.54, 1.807) is 11.7 Å². The molecule has 6 nitrogen and oxygen atoms in total. The van der Waals surface area contributed by atoms with Gasteiger partial charge in [0.15, 0.2) is 0 Å². The largest absolute Gasteiger partial charge is 0.383 e. The van der Waals surface area contributed by atoms with E-state index < -0.39 is 5.91 Å². The fourth-order valence-corrected chi connectivity index (χ4v) is 3.98. The predicted molar refractivity (Wildman–Crippen MR) is 72.3 cm³/mol. The van der Waals surface area contributed by atoms with E-state index in [9.17, 15) is 4.79 Å². The lowest BCUT2D eigenvalue weighted by Gasteiger charge is -2.11. The van der Waals surface area contributed by atoms with Crippen molar-refractivity contribution in [2.75, 3.05) is 5.73 Å². The zero-order valence-electron chi connectivity index (χ0n) is 11.2. The van der Waals surface area contributed by atoms with Crippen LogP contribution in [0.4, 0.5) is 5.82 Å². The molecule has 2 fully saturated rings. The molecule has 19 heavy (non-hydrogen) atoms. The van der Waals surface area contributed by atoms with Crippen LogP contribution >= 0.6 is 0 Å². The number of fused-ring (bicyclic) bond motifs is 1. The normalized spacial score (nSPS) is 33.6. The molecular formula is C13H21N5O. The molecule has 2 atom stereocenters. The Hall–Kier alpha value is -1.56. The lowest BCUT2D eigenvalue weighted by molar-refractivity contribution is 0.0999. The predicted octanol–water partition coefficient (Wildman–Crippen LogP) is 0.332. The van der Waals surface area contributed by atoms with Crippen molar-refractivity contribution in [2.45, 2.75) is 37.6 Å². The number of rotatable bonds is 2. The van der Waals surface area contributed by atoms with Gasteiger partial charge in [-0.3, -0.25) is 9.48 Å². The lowest BCUT2D eigenvalue weighted by Crippen LogP contribution is -2.18. The number of amides is 1. The summed E-state index contributed by atoms with van der Waals surface area (Å²) in [5, 5.41) is 4.42. The summed E-state index contributed by atoms with van der Waals surface area (Å²) in [6, 6.07) is 0.348. The van der Waals surface area contributed by atoms with E-state index in [-0.39, 0.29) is 0 Å². The van der Waals surface area contributed by atoms with E-state index in [1.807, 2.05) is 0 Å². The van der Waals surface area contributed by atoms with E-state index in [1.165, 1.54) is 0 Å². The smallest absolute Gasteiger partial charge is 0.254 e. The van der Waals surface area contributed by atoms with Gasteiger partial charge in [-0.1, -0.05) is 0 Å². The third-order valence-electron chi connectivity index (χ3n) is 4.80. The Kier molecular flexibility index (Phi) is 2.78. The van der Waals surface area contributed by atoms with Crippen molar-refractivity contribution in [3.05, 3.63) is 11.3 Å². The van der Waals surface area contributed by atoms with E-state index in [0.29, 0.717) is 35.2 Å². The summed E-state index contributed by atoms with van der Waals surface area (Å²) < 4.78 is 1.55. The van der Waals surface area contributed by atoms with Crippen LogP contribution in [0.1, 0.15) is 47.7 Å². The summed E-state index contributed by atoms with van der Waals surface area (Å²) in [7, 11) is 1.75. The molecular weight excluding hydrogens is 242 g/mol. The van der Waals surface area contributed by atoms with Crippen LogP contribution in [0.25, 0.3) is 0 Å². The molecule has 104 valence electrons. The highest BCUT2D eigenvalue weighted by Gasteiger charge is 2.43. The maximum absolute atomic E-state index is 11.6. The number of carbonyl (C=O) groups is 1. The number of carbonyl (C=O) groups excluding carboxylic acids is 1. The van der Waals surface area contributed by atoms with E-state index in [2.05, 4.69) is 5.10 Å². The van der Waals surface area contributed by atoms with Crippen LogP contribution in [-0.4, -0.2) is 21.7 Å². The first-order chi connectivity index (χ1) is 8.97. The first-order valence-electron chi connectivity index (χ1n) is 6.85. The Morgan fingerprint density at radius 3 is 2.37 bits per heavy atom. The Morgan fingerprint density at radius 2 is 1.84 bits per heavy atom. The first kappa shape index (κ1) is 12.5. The van der Waals surface area contributed by atoms with Crippen molar-refractivity contribution in [1.29, 1.82) is 0 Å². The van der Waals surface area contributed by atoms with Gasteiger partial charge in [0.2, 0.25) is 0 Å². The van der Waals surface area contributed by atoms with E-state index in [4.69, 9.17) is 17.2 Å². The van der Waals surface area contributed by atoms with Crippen molar-refractivity contribution in [2.24, 2.45) is 30.4 Å². The zero-order chi connectivity index (χ0) is 13.7. The molecule has 1 aromatic heterocycles. The van der Waals surface area contributed by atoms with Crippen LogP contribution in [-0.2, 0) is 7.05 Å². The highest BCUT2D eigenvalue weighted by molar-refractivity contribution is 5.98. The number of nitrogens with two attached hydrogens (primary N) is 3. The van der Waals surface area contributed by atoms with E-state index in [0.717, 1.165) is 31.4 Å². The second-order valence-corrected chi connectivity index (χ2v) is 6.05. The highest BCUT2D eigenvalue weighted by atomic mass is 16.1. The summed E-state index contributed by atoms with van der Waals surface area (Å²) in [5.74, 6) is 1.53. The van der Waals surface area contributed by atoms with Crippen LogP contribution in [0.3, 0.4) is 0 Å². The van der Waals surface area contributed by atoms with Crippen molar-refractivity contribution in [3.63, 3.8) is 0 Å². The van der Waals surface area contributed by atoms with Crippen LogP contribution < -0.4 is 17.2 Å². The molecule has 0 bridgehead atoms. The van der Waals surface area contributed by atoms with Crippen molar-refractivity contribution < 1.29 is 4.79 Å². The molecule has 6 heteroatoms. The molecule has 0 aromatic carbocycles. The van der Waals surface area contributed by atoms with Gasteiger partial charge in [0.25, 0.3) is 5.91 Å². The van der Waals surface area contributed by atoms with Gasteiger partial charge in [0.05, 0.1) is 5.69 Å². The van der Waals surface area contributed by atoms with Gasteiger partial charge in [-0.15, -0.1) is 0 Å². The maximum Gasteiger partial charge on any atom is 0.254 e. The fraction of sp³-hybridized carbons (Fsp3) is 0.692. The van der Waals surface area contributed by atoms with Crippen molar-refractivity contribution in [3.8, 4) is 0 Å². The third kappa shape index (κ3) is 1.90. The first-order valence-corrected chi connectivity index (χ1v) is 6.85. The van der Waals surface area contributed by atoms with Gasteiger partial charge in [-0.2, -0.15) is 5.10 Å². The van der Waals surface area contributed by atoms with Crippen LogP contribution in [0.15, 0.2) is 0 Å². The number of primary amides is 1. The number of aromatic nitrogens is 2. The van der Waals surface area contributed by atoms with Gasteiger partial charge < -0.3 is 17.2 Å². The van der Waals surface area contributed by atoms with E-state index >= 15 is 0 Å².